The molecule has 0 aromatic carbocycles. The van der Waals surface area contributed by atoms with Gasteiger partial charge in [0, 0.05) is 7.05 Å². The van der Waals surface area contributed by atoms with E-state index in [1.165, 1.54) is 0 Å². The van der Waals surface area contributed by atoms with E-state index in [1.807, 2.05) is 20.0 Å². The normalized spacial score (nSPS) is 12.9. The number of halogens is 1. The number of hydrogen-bond acceptors (Lipinski definition) is 4. The van der Waals surface area contributed by atoms with Crippen LogP contribution in [-0.2, 0) is 7.05 Å². The van der Waals surface area contributed by atoms with Gasteiger partial charge in [-0.1, -0.05) is 12.1 Å². The molecule has 0 saturated heterocycles. The van der Waals surface area contributed by atoms with Crippen LogP contribution < -0.4 is 5.32 Å². The molecule has 2 rings (SSSR count). The quantitative estimate of drug-likeness (QED) is 0.885. The average Bonchev–Trinajstić information content (AvgIpc) is 2.84. The highest BCUT2D eigenvalue weighted by atomic mass is 35.5. The SMILES string of the molecule is CCNC(c1ccc(Cl)o1)c1cnnn1C. The highest BCUT2D eigenvalue weighted by Crippen LogP contribution is 2.24. The number of nitrogens with zero attached hydrogens (tertiary/aromatic N) is 3. The van der Waals surface area contributed by atoms with Crippen molar-refractivity contribution in [3.05, 3.63) is 35.0 Å². The Morgan fingerprint density at radius 1 is 1.56 bits per heavy atom. The number of rotatable bonds is 4. The van der Waals surface area contributed by atoms with Crippen LogP contribution in [0.25, 0.3) is 0 Å². The number of furan rings is 1. The number of hydrogen-bond donors (Lipinski definition) is 1. The second kappa shape index (κ2) is 4.67. The fourth-order valence-electron chi connectivity index (χ4n) is 1.60. The zero-order chi connectivity index (χ0) is 11.5. The summed E-state index contributed by atoms with van der Waals surface area (Å²) in [7, 11) is 1.84. The van der Waals surface area contributed by atoms with Crippen molar-refractivity contribution in [1.82, 2.24) is 20.3 Å². The fraction of sp³-hybridized carbons (Fsp3) is 0.400. The lowest BCUT2D eigenvalue weighted by atomic mass is 10.1. The predicted octanol–water partition coefficient (Wildman–Crippen LogP) is 1.76. The third kappa shape index (κ3) is 2.10. The summed E-state index contributed by atoms with van der Waals surface area (Å²) < 4.78 is 7.12. The second-order valence-electron chi connectivity index (χ2n) is 3.42. The molecule has 0 aliphatic carbocycles. The van der Waals surface area contributed by atoms with Gasteiger partial charge in [0.15, 0.2) is 5.22 Å². The minimum atomic E-state index is -0.0718. The Morgan fingerprint density at radius 2 is 2.38 bits per heavy atom. The number of aromatic nitrogens is 3. The first-order valence-electron chi connectivity index (χ1n) is 5.05. The van der Waals surface area contributed by atoms with Gasteiger partial charge in [-0.25, -0.2) is 0 Å². The molecule has 2 aromatic heterocycles. The Kier molecular flexibility index (Phi) is 3.26. The Morgan fingerprint density at radius 3 is 2.88 bits per heavy atom. The van der Waals surface area contributed by atoms with Crippen molar-refractivity contribution in [1.29, 1.82) is 0 Å². The van der Waals surface area contributed by atoms with Gasteiger partial charge in [0.1, 0.15) is 11.8 Å². The topological polar surface area (TPSA) is 55.9 Å². The molecule has 0 aliphatic heterocycles. The Bertz CT molecular complexity index is 465. The van der Waals surface area contributed by atoms with Gasteiger partial charge < -0.3 is 9.73 Å². The molecule has 0 radical (unpaired) electrons. The molecule has 1 N–H and O–H groups in total. The maximum Gasteiger partial charge on any atom is 0.193 e. The van der Waals surface area contributed by atoms with Crippen molar-refractivity contribution >= 4 is 11.6 Å². The summed E-state index contributed by atoms with van der Waals surface area (Å²) in [6, 6.07) is 3.51. The fourth-order valence-corrected chi connectivity index (χ4v) is 1.75. The van der Waals surface area contributed by atoms with Crippen LogP contribution in [0.3, 0.4) is 0 Å². The zero-order valence-corrected chi connectivity index (χ0v) is 9.90. The van der Waals surface area contributed by atoms with Crippen LogP contribution in [0.15, 0.2) is 22.7 Å². The highest BCUT2D eigenvalue weighted by Gasteiger charge is 2.20. The van der Waals surface area contributed by atoms with Crippen molar-refractivity contribution < 1.29 is 4.42 Å². The summed E-state index contributed by atoms with van der Waals surface area (Å²) in [6.45, 7) is 2.84. The summed E-state index contributed by atoms with van der Waals surface area (Å²) in [5.41, 5.74) is 0.938. The average molecular weight is 241 g/mol. The maximum absolute atomic E-state index is 5.77. The molecular weight excluding hydrogens is 228 g/mol. The first-order valence-corrected chi connectivity index (χ1v) is 5.43. The number of aryl methyl sites for hydroxylation is 1. The van der Waals surface area contributed by atoms with Gasteiger partial charge in [-0.15, -0.1) is 5.10 Å². The molecule has 0 bridgehead atoms. The van der Waals surface area contributed by atoms with E-state index in [1.54, 1.807) is 16.9 Å². The van der Waals surface area contributed by atoms with E-state index in [-0.39, 0.29) is 6.04 Å². The second-order valence-corrected chi connectivity index (χ2v) is 3.79. The summed E-state index contributed by atoms with van der Waals surface area (Å²) in [5, 5.41) is 11.4. The Labute approximate surface area is 98.4 Å². The van der Waals surface area contributed by atoms with Crippen molar-refractivity contribution in [2.45, 2.75) is 13.0 Å². The van der Waals surface area contributed by atoms with Crippen molar-refractivity contribution in [3.63, 3.8) is 0 Å². The van der Waals surface area contributed by atoms with E-state index < -0.39 is 0 Å². The predicted molar refractivity (Wildman–Crippen MR) is 60.2 cm³/mol. The molecular formula is C10H13ClN4O. The summed E-state index contributed by atoms with van der Waals surface area (Å²) in [4.78, 5) is 0. The maximum atomic E-state index is 5.77. The minimum Gasteiger partial charge on any atom is -0.448 e. The lowest BCUT2D eigenvalue weighted by Gasteiger charge is -2.14. The van der Waals surface area contributed by atoms with Crippen LogP contribution in [0.5, 0.6) is 0 Å². The summed E-state index contributed by atoms with van der Waals surface area (Å²) in [6.07, 6.45) is 1.71. The van der Waals surface area contributed by atoms with Crippen LogP contribution in [0, 0.1) is 0 Å². The van der Waals surface area contributed by atoms with E-state index in [9.17, 15) is 0 Å². The standard InChI is InChI=1S/C10H13ClN4O/c1-3-12-10(7-6-13-14-15(7)2)8-4-5-9(11)16-8/h4-6,10,12H,3H2,1-2H3. The van der Waals surface area contributed by atoms with Gasteiger partial charge >= 0.3 is 0 Å². The lowest BCUT2D eigenvalue weighted by molar-refractivity contribution is 0.439. The third-order valence-electron chi connectivity index (χ3n) is 2.33. The molecule has 16 heavy (non-hydrogen) atoms. The minimum absolute atomic E-state index is 0.0718. The third-order valence-corrected chi connectivity index (χ3v) is 2.54. The zero-order valence-electron chi connectivity index (χ0n) is 9.14. The van der Waals surface area contributed by atoms with Gasteiger partial charge in [0.2, 0.25) is 0 Å². The molecule has 0 spiro atoms. The van der Waals surface area contributed by atoms with Gasteiger partial charge in [-0.3, -0.25) is 4.68 Å². The monoisotopic (exact) mass is 240 g/mol. The van der Waals surface area contributed by atoms with Crippen LogP contribution in [0.1, 0.15) is 24.4 Å². The Hall–Kier alpha value is -1.33. The number of nitrogens with one attached hydrogen (secondary N) is 1. The molecule has 6 heteroatoms. The van der Waals surface area contributed by atoms with Gasteiger partial charge in [0.05, 0.1) is 11.9 Å². The van der Waals surface area contributed by atoms with E-state index >= 15 is 0 Å². The molecule has 0 fully saturated rings. The van der Waals surface area contributed by atoms with Crippen molar-refractivity contribution in [2.75, 3.05) is 6.54 Å². The molecule has 1 unspecified atom stereocenters. The molecule has 1 atom stereocenters. The molecule has 2 aromatic rings. The molecule has 0 aliphatic rings. The smallest absolute Gasteiger partial charge is 0.193 e. The molecule has 86 valence electrons. The highest BCUT2D eigenvalue weighted by molar-refractivity contribution is 6.28. The van der Waals surface area contributed by atoms with E-state index in [0.29, 0.717) is 5.22 Å². The molecule has 2 heterocycles. The van der Waals surface area contributed by atoms with Gasteiger partial charge in [0.25, 0.3) is 0 Å². The largest absolute Gasteiger partial charge is 0.448 e. The van der Waals surface area contributed by atoms with E-state index in [4.69, 9.17) is 16.0 Å². The van der Waals surface area contributed by atoms with Crippen LogP contribution in [0.2, 0.25) is 5.22 Å². The molecule has 0 saturated carbocycles. The molecule has 0 amide bonds. The van der Waals surface area contributed by atoms with Gasteiger partial charge in [-0.05, 0) is 30.3 Å². The van der Waals surface area contributed by atoms with Gasteiger partial charge in [-0.2, -0.15) is 0 Å². The summed E-state index contributed by atoms with van der Waals surface area (Å²) in [5.74, 6) is 0.761. The van der Waals surface area contributed by atoms with Crippen LogP contribution >= 0.6 is 11.6 Å². The van der Waals surface area contributed by atoms with E-state index in [2.05, 4.69) is 15.6 Å². The Balaban J connectivity index is 2.34. The van der Waals surface area contributed by atoms with Crippen molar-refractivity contribution in [3.8, 4) is 0 Å². The molecule has 5 nitrogen and oxygen atoms in total. The van der Waals surface area contributed by atoms with Crippen molar-refractivity contribution in [2.24, 2.45) is 7.05 Å². The van der Waals surface area contributed by atoms with E-state index in [0.717, 1.165) is 18.0 Å². The van der Waals surface area contributed by atoms with Crippen LogP contribution in [0.4, 0.5) is 0 Å². The summed E-state index contributed by atoms with van der Waals surface area (Å²) >= 11 is 5.77. The first-order chi connectivity index (χ1) is 7.72. The van der Waals surface area contributed by atoms with Crippen LogP contribution in [-0.4, -0.2) is 21.5 Å². The lowest BCUT2D eigenvalue weighted by Crippen LogP contribution is -2.23. The first kappa shape index (κ1) is 11.2.